The largest absolute Gasteiger partial charge is 0.379 e. The van der Waals surface area contributed by atoms with Crippen molar-refractivity contribution < 1.29 is 9.53 Å². The van der Waals surface area contributed by atoms with Crippen molar-refractivity contribution in [3.05, 3.63) is 0 Å². The standard InChI is InChI=1S/C14H27N3O2/c1-12(14(15)18)17-6-3-13(4-7-17)2-5-16-8-10-19-11-9-16/h12-13H,2-11H2,1H3,(H2,15,18). The van der Waals surface area contributed by atoms with Crippen molar-refractivity contribution in [3.8, 4) is 0 Å². The van der Waals surface area contributed by atoms with Crippen LogP contribution in [-0.4, -0.2) is 67.7 Å². The Labute approximate surface area is 116 Å². The molecule has 2 heterocycles. The Bertz CT molecular complexity index is 284. The quantitative estimate of drug-likeness (QED) is 0.779. The lowest BCUT2D eigenvalue weighted by atomic mass is 9.92. The molecule has 2 fully saturated rings. The predicted molar refractivity (Wildman–Crippen MR) is 74.8 cm³/mol. The number of hydrogen-bond donors (Lipinski definition) is 1. The smallest absolute Gasteiger partial charge is 0.234 e. The Morgan fingerprint density at radius 3 is 2.47 bits per heavy atom. The number of hydrogen-bond acceptors (Lipinski definition) is 4. The molecule has 0 saturated carbocycles. The fourth-order valence-corrected chi connectivity index (χ4v) is 3.00. The minimum absolute atomic E-state index is 0.111. The molecule has 1 amide bonds. The molecule has 0 aromatic rings. The number of carbonyl (C=O) groups excluding carboxylic acids is 1. The van der Waals surface area contributed by atoms with Crippen molar-refractivity contribution in [1.29, 1.82) is 0 Å². The van der Waals surface area contributed by atoms with Gasteiger partial charge < -0.3 is 10.5 Å². The lowest BCUT2D eigenvalue weighted by Gasteiger charge is -2.35. The average Bonchev–Trinajstić information content (AvgIpc) is 2.46. The van der Waals surface area contributed by atoms with E-state index in [9.17, 15) is 4.79 Å². The molecule has 1 unspecified atom stereocenters. The SMILES string of the molecule is CC(C(N)=O)N1CCC(CCN2CCOCC2)CC1. The topological polar surface area (TPSA) is 58.8 Å². The second-order valence-electron chi connectivity index (χ2n) is 5.80. The van der Waals surface area contributed by atoms with E-state index in [4.69, 9.17) is 10.5 Å². The number of morpholine rings is 1. The highest BCUT2D eigenvalue weighted by Crippen LogP contribution is 2.22. The third-order valence-corrected chi connectivity index (χ3v) is 4.57. The first-order valence-electron chi connectivity index (χ1n) is 7.50. The molecule has 0 aromatic heterocycles. The van der Waals surface area contributed by atoms with E-state index >= 15 is 0 Å². The molecular weight excluding hydrogens is 242 g/mol. The van der Waals surface area contributed by atoms with Crippen LogP contribution in [0.3, 0.4) is 0 Å². The molecular formula is C14H27N3O2. The minimum Gasteiger partial charge on any atom is -0.379 e. The van der Waals surface area contributed by atoms with Crippen LogP contribution in [-0.2, 0) is 9.53 Å². The number of nitrogens with two attached hydrogens (primary N) is 1. The van der Waals surface area contributed by atoms with E-state index in [2.05, 4.69) is 9.80 Å². The Morgan fingerprint density at radius 1 is 1.26 bits per heavy atom. The molecule has 19 heavy (non-hydrogen) atoms. The third-order valence-electron chi connectivity index (χ3n) is 4.57. The summed E-state index contributed by atoms with van der Waals surface area (Å²) in [5.41, 5.74) is 5.36. The molecule has 5 heteroatoms. The summed E-state index contributed by atoms with van der Waals surface area (Å²) in [6.45, 7) is 9.06. The first-order valence-corrected chi connectivity index (χ1v) is 7.50. The van der Waals surface area contributed by atoms with Gasteiger partial charge in [-0.15, -0.1) is 0 Å². The Hall–Kier alpha value is -0.650. The average molecular weight is 269 g/mol. The van der Waals surface area contributed by atoms with Crippen LogP contribution in [0.2, 0.25) is 0 Å². The van der Waals surface area contributed by atoms with Crippen LogP contribution in [0.1, 0.15) is 26.2 Å². The number of piperidine rings is 1. The minimum atomic E-state index is -0.202. The van der Waals surface area contributed by atoms with Crippen LogP contribution in [0.25, 0.3) is 0 Å². The van der Waals surface area contributed by atoms with E-state index in [0.717, 1.165) is 45.3 Å². The van der Waals surface area contributed by atoms with Crippen molar-refractivity contribution in [2.75, 3.05) is 45.9 Å². The zero-order chi connectivity index (χ0) is 13.7. The maximum absolute atomic E-state index is 11.2. The highest BCUT2D eigenvalue weighted by atomic mass is 16.5. The summed E-state index contributed by atoms with van der Waals surface area (Å²) in [4.78, 5) is 15.9. The Morgan fingerprint density at radius 2 is 1.89 bits per heavy atom. The van der Waals surface area contributed by atoms with E-state index in [0.29, 0.717) is 0 Å². The first kappa shape index (κ1) is 14.8. The van der Waals surface area contributed by atoms with E-state index in [1.165, 1.54) is 25.8 Å². The second kappa shape index (κ2) is 7.22. The first-order chi connectivity index (χ1) is 9.16. The van der Waals surface area contributed by atoms with Gasteiger partial charge in [0, 0.05) is 13.1 Å². The number of nitrogens with zero attached hydrogens (tertiary/aromatic N) is 2. The van der Waals surface area contributed by atoms with Crippen LogP contribution in [0.15, 0.2) is 0 Å². The molecule has 2 N–H and O–H groups in total. The van der Waals surface area contributed by atoms with Crippen molar-refractivity contribution in [3.63, 3.8) is 0 Å². The summed E-state index contributed by atoms with van der Waals surface area (Å²) in [5.74, 6) is 0.603. The van der Waals surface area contributed by atoms with Gasteiger partial charge in [-0.3, -0.25) is 14.6 Å². The fourth-order valence-electron chi connectivity index (χ4n) is 3.00. The van der Waals surface area contributed by atoms with Gasteiger partial charge in [0.1, 0.15) is 0 Å². The molecule has 5 nitrogen and oxygen atoms in total. The molecule has 110 valence electrons. The fraction of sp³-hybridized carbons (Fsp3) is 0.929. The van der Waals surface area contributed by atoms with Crippen molar-refractivity contribution >= 4 is 5.91 Å². The Balaban J connectivity index is 1.64. The molecule has 0 bridgehead atoms. The highest BCUT2D eigenvalue weighted by Gasteiger charge is 2.25. The number of likely N-dealkylation sites (tertiary alicyclic amines) is 1. The summed E-state index contributed by atoms with van der Waals surface area (Å²) in [6.07, 6.45) is 3.67. The van der Waals surface area contributed by atoms with Crippen molar-refractivity contribution in [2.24, 2.45) is 11.7 Å². The summed E-state index contributed by atoms with van der Waals surface area (Å²) >= 11 is 0. The molecule has 1 atom stereocenters. The zero-order valence-electron chi connectivity index (χ0n) is 12.0. The van der Waals surface area contributed by atoms with Gasteiger partial charge in [0.2, 0.25) is 5.91 Å². The van der Waals surface area contributed by atoms with E-state index in [1.807, 2.05) is 6.92 Å². The lowest BCUT2D eigenvalue weighted by Crippen LogP contribution is -2.47. The van der Waals surface area contributed by atoms with Crippen molar-refractivity contribution in [2.45, 2.75) is 32.2 Å². The molecule has 0 aromatic carbocycles. The molecule has 0 spiro atoms. The third kappa shape index (κ3) is 4.44. The van der Waals surface area contributed by atoms with E-state index in [-0.39, 0.29) is 11.9 Å². The van der Waals surface area contributed by atoms with Gasteiger partial charge in [0.15, 0.2) is 0 Å². The predicted octanol–water partition coefficient (Wildman–Crippen LogP) is 0.295. The van der Waals surface area contributed by atoms with E-state index < -0.39 is 0 Å². The summed E-state index contributed by atoms with van der Waals surface area (Å²) in [6, 6.07) is -0.111. The summed E-state index contributed by atoms with van der Waals surface area (Å²) in [7, 11) is 0. The van der Waals surface area contributed by atoms with Gasteiger partial charge in [-0.2, -0.15) is 0 Å². The van der Waals surface area contributed by atoms with Crippen LogP contribution in [0.5, 0.6) is 0 Å². The molecule has 2 rings (SSSR count). The maximum Gasteiger partial charge on any atom is 0.234 e. The van der Waals surface area contributed by atoms with Gasteiger partial charge in [0.05, 0.1) is 19.3 Å². The number of carbonyl (C=O) groups is 1. The summed E-state index contributed by atoms with van der Waals surface area (Å²) < 4.78 is 5.36. The van der Waals surface area contributed by atoms with Crippen LogP contribution >= 0.6 is 0 Å². The van der Waals surface area contributed by atoms with Gasteiger partial charge in [-0.1, -0.05) is 0 Å². The molecule has 0 radical (unpaired) electrons. The monoisotopic (exact) mass is 269 g/mol. The van der Waals surface area contributed by atoms with Crippen LogP contribution < -0.4 is 5.73 Å². The van der Waals surface area contributed by atoms with Gasteiger partial charge in [-0.25, -0.2) is 0 Å². The van der Waals surface area contributed by atoms with Crippen LogP contribution in [0, 0.1) is 5.92 Å². The van der Waals surface area contributed by atoms with E-state index in [1.54, 1.807) is 0 Å². The number of ether oxygens (including phenoxy) is 1. The van der Waals surface area contributed by atoms with Crippen molar-refractivity contribution in [1.82, 2.24) is 9.80 Å². The molecule has 2 aliphatic rings. The zero-order valence-corrected chi connectivity index (χ0v) is 12.0. The number of primary amides is 1. The second-order valence-corrected chi connectivity index (χ2v) is 5.80. The lowest BCUT2D eigenvalue weighted by molar-refractivity contribution is -0.123. The number of amides is 1. The Kier molecular flexibility index (Phi) is 5.60. The molecule has 0 aliphatic carbocycles. The van der Waals surface area contributed by atoms with Gasteiger partial charge >= 0.3 is 0 Å². The molecule has 2 saturated heterocycles. The van der Waals surface area contributed by atoms with Crippen LogP contribution in [0.4, 0.5) is 0 Å². The summed E-state index contributed by atoms with van der Waals surface area (Å²) in [5, 5.41) is 0. The normalized spacial score (nSPS) is 25.3. The maximum atomic E-state index is 11.2. The van der Waals surface area contributed by atoms with Gasteiger partial charge in [0.25, 0.3) is 0 Å². The van der Waals surface area contributed by atoms with Gasteiger partial charge in [-0.05, 0) is 51.7 Å². The molecule has 2 aliphatic heterocycles. The highest BCUT2D eigenvalue weighted by molar-refractivity contribution is 5.79. The number of rotatable bonds is 5.